The minimum Gasteiger partial charge on any atom is -0.748 e. The number of hydrogen-bond donors (Lipinski definition) is 2. The molecule has 0 amide bonds. The fourth-order valence-corrected chi connectivity index (χ4v) is 0.865. The Morgan fingerprint density at radius 1 is 1.50 bits per heavy atom. The molecule has 1 atom stereocenters. The Hall–Kier alpha value is 0.830. The van der Waals surface area contributed by atoms with Crippen molar-refractivity contribution in [2.24, 2.45) is 0 Å². The van der Waals surface area contributed by atoms with Crippen molar-refractivity contribution in [1.82, 2.24) is 0 Å². The van der Waals surface area contributed by atoms with E-state index in [-0.39, 0.29) is 29.6 Å². The van der Waals surface area contributed by atoms with Crippen LogP contribution >= 0.6 is 0 Å². The van der Waals surface area contributed by atoms with Gasteiger partial charge in [0.1, 0.15) is 0 Å². The molecule has 0 aromatic rings. The molecular weight excluding hydrogens is 171 g/mol. The van der Waals surface area contributed by atoms with Crippen LogP contribution in [0, 0.1) is 0 Å². The molecule has 5 nitrogen and oxygen atoms in total. The van der Waals surface area contributed by atoms with E-state index in [0.29, 0.717) is 0 Å². The number of hydrogen-bond acceptors (Lipinski definition) is 5. The topological polar surface area (TPSA) is 97.7 Å². The first-order chi connectivity index (χ1) is 3.95. The normalized spacial score (nSPS) is 13.9. The number of aliphatic hydroxyl groups is 2. The number of rotatable bonds is 3. The van der Waals surface area contributed by atoms with Crippen LogP contribution in [-0.4, -0.2) is 41.6 Å². The van der Waals surface area contributed by atoms with E-state index in [1.165, 1.54) is 0 Å². The molecule has 0 aliphatic rings. The van der Waals surface area contributed by atoms with Crippen molar-refractivity contribution in [1.29, 1.82) is 0 Å². The van der Waals surface area contributed by atoms with Crippen molar-refractivity contribution >= 4 is 10.1 Å². The minimum atomic E-state index is -4.40. The maximum Gasteiger partial charge on any atom is 1.00 e. The van der Waals surface area contributed by atoms with Crippen LogP contribution in [0.1, 0.15) is 0 Å². The molecule has 0 radical (unpaired) electrons. The smallest absolute Gasteiger partial charge is 0.748 e. The van der Waals surface area contributed by atoms with Crippen molar-refractivity contribution in [3.8, 4) is 0 Å². The molecule has 0 saturated carbocycles. The largest absolute Gasteiger partial charge is 1.00 e. The summed E-state index contributed by atoms with van der Waals surface area (Å²) in [6.45, 7) is -0.707. The Labute approximate surface area is 81.1 Å². The average Bonchev–Trinajstić information content (AvgIpc) is 1.62. The van der Waals surface area contributed by atoms with Crippen LogP contribution in [0.25, 0.3) is 0 Å². The van der Waals surface area contributed by atoms with Gasteiger partial charge in [-0.2, -0.15) is 0 Å². The quantitative estimate of drug-likeness (QED) is 0.333. The fourth-order valence-electron chi connectivity index (χ4n) is 0.288. The molecule has 0 saturated heterocycles. The Balaban J connectivity index is 0. The van der Waals surface area contributed by atoms with Gasteiger partial charge in [0.25, 0.3) is 0 Å². The minimum absolute atomic E-state index is 0. The van der Waals surface area contributed by atoms with E-state index in [9.17, 15) is 13.0 Å². The first-order valence-corrected chi connectivity index (χ1v) is 3.76. The van der Waals surface area contributed by atoms with Crippen molar-refractivity contribution in [3.05, 3.63) is 0 Å². The maximum atomic E-state index is 9.77. The first-order valence-electron chi connectivity index (χ1n) is 2.18. The summed E-state index contributed by atoms with van der Waals surface area (Å²) >= 11 is 0. The molecule has 0 bridgehead atoms. The summed E-state index contributed by atoms with van der Waals surface area (Å²) in [7, 11) is -4.40. The van der Waals surface area contributed by atoms with Crippen molar-refractivity contribution in [3.63, 3.8) is 0 Å². The molecule has 0 aliphatic heterocycles. The van der Waals surface area contributed by atoms with Crippen LogP contribution in [0.5, 0.6) is 0 Å². The molecule has 56 valence electrons. The predicted molar refractivity (Wildman–Crippen MR) is 27.7 cm³/mol. The van der Waals surface area contributed by atoms with Gasteiger partial charge < -0.3 is 14.8 Å². The third kappa shape index (κ3) is 8.83. The van der Waals surface area contributed by atoms with Gasteiger partial charge in [-0.25, -0.2) is 8.42 Å². The average molecular weight is 178 g/mol. The zero-order valence-corrected chi connectivity index (χ0v) is 8.34. The van der Waals surface area contributed by atoms with Crippen LogP contribution in [-0.2, 0) is 10.1 Å². The summed E-state index contributed by atoms with van der Waals surface area (Å²) in [5.41, 5.74) is 0. The van der Waals surface area contributed by atoms with Crippen LogP contribution in [0.2, 0.25) is 0 Å². The summed E-state index contributed by atoms with van der Waals surface area (Å²) in [5, 5.41) is 16.4. The van der Waals surface area contributed by atoms with Gasteiger partial charge in [-0.05, 0) is 0 Å². The van der Waals surface area contributed by atoms with E-state index in [1.807, 2.05) is 0 Å². The van der Waals surface area contributed by atoms with Crippen molar-refractivity contribution in [2.75, 3.05) is 12.4 Å². The van der Waals surface area contributed by atoms with Gasteiger partial charge in [-0.3, -0.25) is 0 Å². The van der Waals surface area contributed by atoms with Gasteiger partial charge in [0.2, 0.25) is 0 Å². The SMILES string of the molecule is O=S(=O)([O-])C[C@H](O)CO.[Na+]. The van der Waals surface area contributed by atoms with E-state index in [1.54, 1.807) is 0 Å². The molecule has 0 unspecified atom stereocenters. The van der Waals surface area contributed by atoms with E-state index < -0.39 is 28.6 Å². The first kappa shape index (κ1) is 13.4. The second kappa shape index (κ2) is 5.48. The van der Waals surface area contributed by atoms with Gasteiger partial charge in [0.15, 0.2) is 0 Å². The van der Waals surface area contributed by atoms with Gasteiger partial charge in [0.05, 0.1) is 28.6 Å². The standard InChI is InChI=1S/C3H8O5S.Na/c4-1-3(5)2-9(6,7)8;/h3-5H,1-2H2,(H,6,7,8);/q;+1/p-1/t3-;/m1./s1. The van der Waals surface area contributed by atoms with Gasteiger partial charge in [0, 0.05) is 0 Å². The second-order valence-corrected chi connectivity index (χ2v) is 3.01. The third-order valence-corrected chi connectivity index (χ3v) is 1.40. The molecule has 10 heavy (non-hydrogen) atoms. The van der Waals surface area contributed by atoms with Crippen molar-refractivity contribution < 1.29 is 52.7 Å². The monoisotopic (exact) mass is 178 g/mol. The van der Waals surface area contributed by atoms with Crippen LogP contribution in [0.4, 0.5) is 0 Å². The van der Waals surface area contributed by atoms with E-state index in [2.05, 4.69) is 0 Å². The predicted octanol–water partition coefficient (Wildman–Crippen LogP) is -5.11. The molecule has 0 rings (SSSR count). The molecule has 2 N–H and O–H groups in total. The summed E-state index contributed by atoms with van der Waals surface area (Å²) in [4.78, 5) is 0. The zero-order valence-electron chi connectivity index (χ0n) is 5.52. The van der Waals surface area contributed by atoms with Crippen molar-refractivity contribution in [2.45, 2.75) is 6.10 Å². The van der Waals surface area contributed by atoms with Gasteiger partial charge in [-0.15, -0.1) is 0 Å². The molecule has 0 aromatic carbocycles. The van der Waals surface area contributed by atoms with Crippen LogP contribution in [0.15, 0.2) is 0 Å². The molecule has 0 fully saturated rings. The molecule has 0 heterocycles. The van der Waals surface area contributed by atoms with Gasteiger partial charge in [-0.1, -0.05) is 0 Å². The summed E-state index contributed by atoms with van der Waals surface area (Å²) < 4.78 is 29.3. The summed E-state index contributed by atoms with van der Waals surface area (Å²) in [6, 6.07) is 0. The third-order valence-electron chi connectivity index (χ3n) is 0.607. The molecule has 0 spiro atoms. The fraction of sp³-hybridized carbons (Fsp3) is 1.00. The molecule has 0 aromatic heterocycles. The Morgan fingerprint density at radius 2 is 1.90 bits per heavy atom. The second-order valence-electron chi connectivity index (χ2n) is 1.56. The summed E-state index contributed by atoms with van der Waals surface area (Å²) in [6.07, 6.45) is -1.45. The van der Waals surface area contributed by atoms with Crippen LogP contribution < -0.4 is 29.6 Å². The summed E-state index contributed by atoms with van der Waals surface area (Å²) in [5.74, 6) is -0.927. The van der Waals surface area contributed by atoms with E-state index in [4.69, 9.17) is 10.2 Å². The van der Waals surface area contributed by atoms with E-state index >= 15 is 0 Å². The Kier molecular flexibility index (Phi) is 7.35. The zero-order chi connectivity index (χ0) is 7.49. The molecule has 7 heteroatoms. The molecular formula is C3H7NaO5S. The Morgan fingerprint density at radius 3 is 2.00 bits per heavy atom. The maximum absolute atomic E-state index is 9.77. The number of aliphatic hydroxyl groups excluding tert-OH is 2. The molecule has 0 aliphatic carbocycles. The van der Waals surface area contributed by atoms with Crippen LogP contribution in [0.3, 0.4) is 0 Å². The Bertz CT molecular complexity index is 164. The van der Waals surface area contributed by atoms with Gasteiger partial charge >= 0.3 is 29.6 Å². The van der Waals surface area contributed by atoms with E-state index in [0.717, 1.165) is 0 Å².